The third-order valence-electron chi connectivity index (χ3n) is 3.50. The Hall–Kier alpha value is -1.39. The van der Waals surface area contributed by atoms with Crippen LogP contribution in [-0.4, -0.2) is 18.6 Å². The van der Waals surface area contributed by atoms with Crippen LogP contribution < -0.4 is 10.2 Å². The zero-order valence-corrected chi connectivity index (χ0v) is 14.3. The number of hydrogen-bond donors (Lipinski definition) is 1. The first-order valence-corrected chi connectivity index (χ1v) is 8.47. The third kappa shape index (κ3) is 4.05. The smallest absolute Gasteiger partial charge is 0.190 e. The topological polar surface area (TPSA) is 28.2 Å². The second-order valence-electron chi connectivity index (χ2n) is 5.29. The lowest BCUT2D eigenvalue weighted by molar-refractivity contribution is 0.723. The van der Waals surface area contributed by atoms with E-state index in [4.69, 9.17) is 4.98 Å². The van der Waals surface area contributed by atoms with Crippen molar-refractivity contribution in [2.75, 3.05) is 18.5 Å². The molecule has 0 atom stereocenters. The average Bonchev–Trinajstić information content (AvgIpc) is 2.88. The van der Waals surface area contributed by atoms with Crippen LogP contribution in [0.15, 0.2) is 24.3 Å². The van der Waals surface area contributed by atoms with Gasteiger partial charge in [-0.15, -0.1) is 0 Å². The minimum atomic E-state index is 0.922. The van der Waals surface area contributed by atoms with Crippen LogP contribution in [0.2, 0.25) is 0 Å². The van der Waals surface area contributed by atoms with Crippen LogP contribution in [0.1, 0.15) is 36.4 Å². The first kappa shape index (κ1) is 16.0. The van der Waals surface area contributed by atoms with Gasteiger partial charge in [0.1, 0.15) is 0 Å². The molecule has 3 nitrogen and oxygen atoms in total. The van der Waals surface area contributed by atoms with E-state index in [0.29, 0.717) is 0 Å². The normalized spacial score (nSPS) is 10.9. The van der Waals surface area contributed by atoms with Gasteiger partial charge in [-0.05, 0) is 32.0 Å². The van der Waals surface area contributed by atoms with Gasteiger partial charge in [0.2, 0.25) is 0 Å². The molecule has 0 radical (unpaired) electrons. The largest absolute Gasteiger partial charge is 0.321 e. The van der Waals surface area contributed by atoms with Crippen LogP contribution in [0.5, 0.6) is 0 Å². The zero-order valence-electron chi connectivity index (χ0n) is 13.4. The summed E-state index contributed by atoms with van der Waals surface area (Å²) in [6.07, 6.45) is 2.19. The summed E-state index contributed by atoms with van der Waals surface area (Å²) in [6, 6.07) is 8.60. The molecule has 2 aromatic rings. The van der Waals surface area contributed by atoms with Crippen LogP contribution in [-0.2, 0) is 13.0 Å². The molecule has 0 aliphatic rings. The highest BCUT2D eigenvalue weighted by molar-refractivity contribution is 7.15. The highest BCUT2D eigenvalue weighted by Gasteiger charge is 2.14. The predicted molar refractivity (Wildman–Crippen MR) is 92.7 cm³/mol. The molecule has 0 saturated carbocycles. The minimum Gasteiger partial charge on any atom is -0.321 e. The molecule has 0 aliphatic heterocycles. The van der Waals surface area contributed by atoms with Crippen molar-refractivity contribution in [3.8, 4) is 0 Å². The fourth-order valence-electron chi connectivity index (χ4n) is 2.20. The van der Waals surface area contributed by atoms with Crippen molar-refractivity contribution >= 4 is 22.2 Å². The second kappa shape index (κ2) is 7.57. The number of aromatic nitrogens is 1. The first-order chi connectivity index (χ1) is 10.2. The monoisotopic (exact) mass is 303 g/mol. The molecule has 1 N–H and O–H groups in total. The summed E-state index contributed by atoms with van der Waals surface area (Å²) >= 11 is 1.80. The zero-order chi connectivity index (χ0) is 15.2. The van der Waals surface area contributed by atoms with Crippen molar-refractivity contribution in [3.63, 3.8) is 0 Å². The fourth-order valence-corrected chi connectivity index (χ4v) is 3.26. The van der Waals surface area contributed by atoms with Crippen molar-refractivity contribution in [2.45, 2.75) is 40.2 Å². The Bertz CT molecular complexity index is 560. The SMILES string of the molecule is CCCc1nc(N(C)c2ccc(C)cc2)sc1CNCC. The van der Waals surface area contributed by atoms with Gasteiger partial charge in [0.15, 0.2) is 5.13 Å². The molecule has 2 rings (SSSR count). The summed E-state index contributed by atoms with van der Waals surface area (Å²) in [7, 11) is 2.09. The number of hydrogen-bond acceptors (Lipinski definition) is 4. The van der Waals surface area contributed by atoms with Crippen LogP contribution in [0.4, 0.5) is 10.8 Å². The minimum absolute atomic E-state index is 0.922. The Morgan fingerprint density at radius 1 is 1.19 bits per heavy atom. The molecule has 0 fully saturated rings. The standard InChI is InChI=1S/C17H25N3S/c1-5-7-15-16(12-18-6-2)21-17(19-15)20(4)14-10-8-13(3)9-11-14/h8-11,18H,5-7,12H2,1-4H3. The highest BCUT2D eigenvalue weighted by atomic mass is 32.1. The Morgan fingerprint density at radius 3 is 2.52 bits per heavy atom. The molecule has 21 heavy (non-hydrogen) atoms. The van der Waals surface area contributed by atoms with Crippen LogP contribution in [0.3, 0.4) is 0 Å². The maximum atomic E-state index is 4.86. The molecule has 114 valence electrons. The molecular weight excluding hydrogens is 278 g/mol. The number of nitrogens with one attached hydrogen (secondary N) is 1. The number of thiazole rings is 1. The van der Waals surface area contributed by atoms with E-state index in [-0.39, 0.29) is 0 Å². The summed E-state index contributed by atoms with van der Waals surface area (Å²) in [4.78, 5) is 8.40. The lowest BCUT2D eigenvalue weighted by Crippen LogP contribution is -2.11. The van der Waals surface area contributed by atoms with E-state index in [0.717, 1.165) is 31.1 Å². The number of nitrogens with zero attached hydrogens (tertiary/aromatic N) is 2. The number of benzene rings is 1. The summed E-state index contributed by atoms with van der Waals surface area (Å²) in [5.74, 6) is 0. The lowest BCUT2D eigenvalue weighted by atomic mass is 10.2. The van der Waals surface area contributed by atoms with Gasteiger partial charge in [-0.1, -0.05) is 49.3 Å². The molecular formula is C17H25N3S. The van der Waals surface area contributed by atoms with Gasteiger partial charge in [0.05, 0.1) is 5.69 Å². The second-order valence-corrected chi connectivity index (χ2v) is 6.35. The van der Waals surface area contributed by atoms with Gasteiger partial charge in [-0.3, -0.25) is 0 Å². The number of anilines is 2. The van der Waals surface area contributed by atoms with Crippen molar-refractivity contribution in [1.82, 2.24) is 10.3 Å². The molecule has 0 amide bonds. The van der Waals surface area contributed by atoms with E-state index >= 15 is 0 Å². The first-order valence-electron chi connectivity index (χ1n) is 7.65. The predicted octanol–water partition coefficient (Wildman–Crippen LogP) is 4.28. The molecule has 1 heterocycles. The lowest BCUT2D eigenvalue weighted by Gasteiger charge is -2.15. The fraction of sp³-hybridized carbons (Fsp3) is 0.471. The van der Waals surface area contributed by atoms with E-state index in [1.54, 1.807) is 11.3 Å². The van der Waals surface area contributed by atoms with Gasteiger partial charge < -0.3 is 10.2 Å². The molecule has 0 bridgehead atoms. The Kier molecular flexibility index (Phi) is 5.76. The van der Waals surface area contributed by atoms with Gasteiger partial charge in [-0.25, -0.2) is 4.98 Å². The molecule has 0 spiro atoms. The van der Waals surface area contributed by atoms with Crippen LogP contribution in [0.25, 0.3) is 0 Å². The molecule has 0 aliphatic carbocycles. The Morgan fingerprint density at radius 2 is 1.90 bits per heavy atom. The molecule has 0 unspecified atom stereocenters. The number of rotatable bonds is 7. The highest BCUT2D eigenvalue weighted by Crippen LogP contribution is 2.31. The summed E-state index contributed by atoms with van der Waals surface area (Å²) in [5, 5.41) is 4.49. The van der Waals surface area contributed by atoms with E-state index in [9.17, 15) is 0 Å². The summed E-state index contributed by atoms with van der Waals surface area (Å²) < 4.78 is 0. The quantitative estimate of drug-likeness (QED) is 0.827. The van der Waals surface area contributed by atoms with Gasteiger partial charge in [-0.2, -0.15) is 0 Å². The van der Waals surface area contributed by atoms with E-state index in [2.05, 4.69) is 62.3 Å². The van der Waals surface area contributed by atoms with Crippen LogP contribution in [0, 0.1) is 6.92 Å². The Labute approximate surface area is 132 Å². The van der Waals surface area contributed by atoms with Gasteiger partial charge in [0.25, 0.3) is 0 Å². The van der Waals surface area contributed by atoms with Crippen LogP contribution >= 0.6 is 11.3 Å². The Balaban J connectivity index is 2.23. The number of aryl methyl sites for hydroxylation is 2. The third-order valence-corrected chi connectivity index (χ3v) is 4.67. The van der Waals surface area contributed by atoms with Crippen molar-refractivity contribution in [1.29, 1.82) is 0 Å². The van der Waals surface area contributed by atoms with Gasteiger partial charge >= 0.3 is 0 Å². The molecule has 1 aromatic heterocycles. The molecule has 0 saturated heterocycles. The maximum Gasteiger partial charge on any atom is 0.190 e. The summed E-state index contributed by atoms with van der Waals surface area (Å²) in [6.45, 7) is 8.37. The average molecular weight is 303 g/mol. The summed E-state index contributed by atoms with van der Waals surface area (Å²) in [5.41, 5.74) is 3.72. The molecule has 4 heteroatoms. The van der Waals surface area contributed by atoms with Crippen molar-refractivity contribution in [3.05, 3.63) is 40.4 Å². The van der Waals surface area contributed by atoms with Crippen molar-refractivity contribution < 1.29 is 0 Å². The van der Waals surface area contributed by atoms with Crippen molar-refractivity contribution in [2.24, 2.45) is 0 Å². The van der Waals surface area contributed by atoms with E-state index in [1.165, 1.54) is 21.8 Å². The molecule has 1 aromatic carbocycles. The van der Waals surface area contributed by atoms with E-state index in [1.807, 2.05) is 0 Å². The van der Waals surface area contributed by atoms with Gasteiger partial charge in [0, 0.05) is 24.2 Å². The van der Waals surface area contributed by atoms with E-state index < -0.39 is 0 Å². The maximum absolute atomic E-state index is 4.86.